The lowest BCUT2D eigenvalue weighted by Gasteiger charge is -2.26. The minimum atomic E-state index is -3.49. The van der Waals surface area contributed by atoms with E-state index in [-0.39, 0.29) is 12.1 Å². The van der Waals surface area contributed by atoms with Crippen molar-refractivity contribution in [2.24, 2.45) is 0 Å². The number of ether oxygens (including phenoxy) is 2. The Morgan fingerprint density at radius 2 is 2.43 bits per heavy atom. The zero-order valence-electron chi connectivity index (χ0n) is 8.30. The van der Waals surface area contributed by atoms with Crippen molar-refractivity contribution < 1.29 is 18.9 Å². The lowest BCUT2D eigenvalue weighted by atomic mass is 9.95. The molecule has 0 bridgehead atoms. The summed E-state index contributed by atoms with van der Waals surface area (Å²) in [6.45, 7) is 1.48. The monoisotopic (exact) mass is 218 g/mol. The van der Waals surface area contributed by atoms with Crippen LogP contribution in [0.1, 0.15) is 6.42 Å². The largest absolute Gasteiger partial charge is 0.788 e. The quantitative estimate of drug-likeness (QED) is 0.487. The second kappa shape index (κ2) is 4.77. The lowest BCUT2D eigenvalue weighted by molar-refractivity contribution is -0.177. The predicted octanol–water partition coefficient (Wildman–Crippen LogP) is -0.942. The summed E-state index contributed by atoms with van der Waals surface area (Å²) in [6, 6.07) is -0.697. The third-order valence-electron chi connectivity index (χ3n) is 2.02. The van der Waals surface area contributed by atoms with Crippen LogP contribution in [0, 0.1) is 0 Å². The summed E-state index contributed by atoms with van der Waals surface area (Å²) in [6.07, 6.45) is 0.186. The van der Waals surface area contributed by atoms with Gasteiger partial charge in [0.1, 0.15) is 7.85 Å². The molecule has 0 spiro atoms. The van der Waals surface area contributed by atoms with Gasteiger partial charge < -0.3 is 18.9 Å². The third-order valence-corrected chi connectivity index (χ3v) is 2.82. The molecule has 1 heterocycles. The van der Waals surface area contributed by atoms with Crippen LogP contribution in [0.5, 0.6) is 0 Å². The zero-order chi connectivity index (χ0) is 10.8. The summed E-state index contributed by atoms with van der Waals surface area (Å²) in [5.41, 5.74) is 0. The van der Waals surface area contributed by atoms with Gasteiger partial charge in [0.15, 0.2) is 0 Å². The number of rotatable bonds is 4. The van der Waals surface area contributed by atoms with Gasteiger partial charge in [-0.1, -0.05) is 0 Å². The van der Waals surface area contributed by atoms with Gasteiger partial charge in [-0.2, -0.15) is 0 Å². The molecule has 5 nitrogen and oxygen atoms in total. The molecule has 7 heteroatoms. The Morgan fingerprint density at radius 1 is 1.79 bits per heavy atom. The van der Waals surface area contributed by atoms with Gasteiger partial charge in [0.05, 0.1) is 20.2 Å². The highest BCUT2D eigenvalue weighted by Gasteiger charge is 2.33. The fourth-order valence-corrected chi connectivity index (χ4v) is 2.41. The average molecular weight is 218 g/mol. The maximum atomic E-state index is 11.0. The smallest absolute Gasteiger partial charge is 0.109 e. The molecular weight excluding hydrogens is 204 g/mol. The molecule has 0 amide bonds. The highest BCUT2D eigenvalue weighted by atomic mass is 31.2. The van der Waals surface area contributed by atoms with E-state index in [2.05, 4.69) is 5.09 Å². The summed E-state index contributed by atoms with van der Waals surface area (Å²) >= 11 is 0. The van der Waals surface area contributed by atoms with E-state index in [1.54, 1.807) is 0 Å². The topological polar surface area (TPSA) is 70.6 Å². The first kappa shape index (κ1) is 12.2. The van der Waals surface area contributed by atoms with Crippen molar-refractivity contribution in [1.82, 2.24) is 5.09 Å². The standard InChI is InChI=1S/C7H15BNO4P/c1-12-4-6-5(3-7(8)13-6)9-14(2,10)11/h5-7H,3-4H2,1-2H3,(H2,9,10,11)/p-1/t5-,6+,7+/m0/s1. The Labute approximate surface area is 85.1 Å². The Hall–Kier alpha value is 0.135. The van der Waals surface area contributed by atoms with Gasteiger partial charge in [0.25, 0.3) is 0 Å². The second-order valence-corrected chi connectivity index (χ2v) is 5.44. The van der Waals surface area contributed by atoms with Crippen molar-refractivity contribution in [2.45, 2.75) is 24.6 Å². The molecule has 1 rings (SSSR count). The van der Waals surface area contributed by atoms with Crippen LogP contribution < -0.4 is 9.98 Å². The number of hydrogen-bond donors (Lipinski definition) is 1. The van der Waals surface area contributed by atoms with Crippen molar-refractivity contribution in [3.05, 3.63) is 0 Å². The summed E-state index contributed by atoms with van der Waals surface area (Å²) in [7, 11) is 3.60. The number of hydrogen-bond acceptors (Lipinski definition) is 4. The van der Waals surface area contributed by atoms with Gasteiger partial charge in [-0.25, -0.2) is 0 Å². The van der Waals surface area contributed by atoms with E-state index in [0.717, 1.165) is 6.66 Å². The molecular formula is C7H14BNO4P-. The van der Waals surface area contributed by atoms with Gasteiger partial charge in [0.2, 0.25) is 0 Å². The van der Waals surface area contributed by atoms with E-state index in [1.165, 1.54) is 7.11 Å². The maximum absolute atomic E-state index is 11.0. The predicted molar refractivity (Wildman–Crippen MR) is 51.4 cm³/mol. The molecule has 1 N–H and O–H groups in total. The first-order valence-corrected chi connectivity index (χ1v) is 6.46. The summed E-state index contributed by atoms with van der Waals surface area (Å²) in [5, 5.41) is 2.50. The second-order valence-electron chi connectivity index (χ2n) is 3.49. The Bertz CT molecular complexity index is 234. The molecule has 14 heavy (non-hydrogen) atoms. The van der Waals surface area contributed by atoms with Crippen molar-refractivity contribution in [1.29, 1.82) is 0 Å². The normalized spacial score (nSPS) is 36.9. The zero-order valence-corrected chi connectivity index (χ0v) is 9.20. The molecule has 0 saturated carbocycles. The van der Waals surface area contributed by atoms with E-state index in [0.29, 0.717) is 13.0 Å². The maximum Gasteiger partial charge on any atom is 0.109 e. The highest BCUT2D eigenvalue weighted by molar-refractivity contribution is 7.53. The molecule has 80 valence electrons. The molecule has 0 aromatic heterocycles. The highest BCUT2D eigenvalue weighted by Crippen LogP contribution is 2.30. The average Bonchev–Trinajstić information content (AvgIpc) is 2.28. The molecule has 0 aliphatic carbocycles. The van der Waals surface area contributed by atoms with E-state index >= 15 is 0 Å². The van der Waals surface area contributed by atoms with Crippen LogP contribution in [0.15, 0.2) is 0 Å². The molecule has 2 radical (unpaired) electrons. The van der Waals surface area contributed by atoms with E-state index < -0.39 is 13.5 Å². The van der Waals surface area contributed by atoms with E-state index in [1.807, 2.05) is 0 Å². The fourth-order valence-electron chi connectivity index (χ4n) is 1.53. The van der Waals surface area contributed by atoms with Crippen molar-refractivity contribution >= 4 is 15.4 Å². The molecule has 1 aliphatic rings. The van der Waals surface area contributed by atoms with Crippen LogP contribution in [0.3, 0.4) is 0 Å². The fraction of sp³-hybridized carbons (Fsp3) is 1.00. The Kier molecular flexibility index (Phi) is 4.16. The van der Waals surface area contributed by atoms with Crippen LogP contribution >= 0.6 is 7.52 Å². The Balaban J connectivity index is 2.53. The van der Waals surface area contributed by atoms with Crippen molar-refractivity contribution in [2.75, 3.05) is 20.4 Å². The summed E-state index contributed by atoms with van der Waals surface area (Å²) in [5.74, 6) is 0. The van der Waals surface area contributed by atoms with Gasteiger partial charge in [0, 0.05) is 19.2 Å². The molecule has 1 fully saturated rings. The number of nitrogens with one attached hydrogen (secondary N) is 1. The summed E-state index contributed by atoms with van der Waals surface area (Å²) in [4.78, 5) is 11.0. The number of methoxy groups -OCH3 is 1. The van der Waals surface area contributed by atoms with Crippen molar-refractivity contribution in [3.8, 4) is 0 Å². The summed E-state index contributed by atoms with van der Waals surface area (Å²) < 4.78 is 21.2. The molecule has 1 unspecified atom stereocenters. The van der Waals surface area contributed by atoms with Gasteiger partial charge >= 0.3 is 0 Å². The molecule has 1 aliphatic heterocycles. The van der Waals surface area contributed by atoms with Gasteiger partial charge in [-0.15, -0.1) is 0 Å². The van der Waals surface area contributed by atoms with Crippen LogP contribution in [0.25, 0.3) is 0 Å². The van der Waals surface area contributed by atoms with E-state index in [9.17, 15) is 9.46 Å². The molecule has 0 aromatic rings. The minimum Gasteiger partial charge on any atom is -0.788 e. The van der Waals surface area contributed by atoms with Crippen LogP contribution in [0.4, 0.5) is 0 Å². The molecule has 1 saturated heterocycles. The first-order chi connectivity index (χ1) is 6.42. The lowest BCUT2D eigenvalue weighted by Crippen LogP contribution is -2.38. The molecule has 0 aromatic carbocycles. The van der Waals surface area contributed by atoms with Gasteiger partial charge in [-0.05, 0) is 13.1 Å². The van der Waals surface area contributed by atoms with Crippen LogP contribution in [0.2, 0.25) is 0 Å². The Morgan fingerprint density at radius 3 is 2.93 bits per heavy atom. The third kappa shape index (κ3) is 3.71. The first-order valence-electron chi connectivity index (χ1n) is 4.38. The van der Waals surface area contributed by atoms with Crippen molar-refractivity contribution in [3.63, 3.8) is 0 Å². The van der Waals surface area contributed by atoms with Gasteiger partial charge in [-0.3, -0.25) is 5.09 Å². The molecule has 4 atom stereocenters. The SMILES string of the molecule is [B][C@H]1C[C@H](NP(C)(=O)[O-])[C@@H](COC)O1. The van der Waals surface area contributed by atoms with Crippen LogP contribution in [-0.4, -0.2) is 46.4 Å². The minimum absolute atomic E-state index is 0.279. The van der Waals surface area contributed by atoms with Crippen LogP contribution in [-0.2, 0) is 14.0 Å². The van der Waals surface area contributed by atoms with E-state index in [4.69, 9.17) is 17.3 Å².